The number of aliphatic hydroxyl groups is 1. The van der Waals surface area contributed by atoms with Crippen molar-refractivity contribution in [3.05, 3.63) is 29.8 Å². The van der Waals surface area contributed by atoms with Gasteiger partial charge in [-0.05, 0) is 24.6 Å². The van der Waals surface area contributed by atoms with Crippen LogP contribution in [0, 0.1) is 0 Å². The number of aliphatic hydroxyl groups excluding tert-OH is 1. The minimum absolute atomic E-state index is 0.316. The van der Waals surface area contributed by atoms with E-state index in [1.807, 2.05) is 18.2 Å². The standard InChI is InChI=1S/C14H23NO3/c1-12(16)6-8-18-14-5-3-4-13(10-14)11-15-7-9-17-2/h3-5,10,12,15-16H,6-9,11H2,1-2H3. The molecule has 0 aliphatic heterocycles. The number of benzene rings is 1. The Bertz CT molecular complexity index is 329. The summed E-state index contributed by atoms with van der Waals surface area (Å²) < 4.78 is 10.5. The van der Waals surface area contributed by atoms with Crippen molar-refractivity contribution in [2.24, 2.45) is 0 Å². The van der Waals surface area contributed by atoms with Gasteiger partial charge in [-0.1, -0.05) is 12.1 Å². The second kappa shape index (κ2) is 8.91. The number of nitrogens with one attached hydrogen (secondary N) is 1. The number of ether oxygens (including phenoxy) is 2. The third kappa shape index (κ3) is 6.59. The zero-order chi connectivity index (χ0) is 13.2. The van der Waals surface area contributed by atoms with Crippen molar-refractivity contribution in [1.29, 1.82) is 0 Å². The molecule has 2 N–H and O–H groups in total. The third-order valence-corrected chi connectivity index (χ3v) is 2.51. The summed E-state index contributed by atoms with van der Waals surface area (Å²) in [5.41, 5.74) is 1.18. The van der Waals surface area contributed by atoms with Gasteiger partial charge in [0.15, 0.2) is 0 Å². The van der Waals surface area contributed by atoms with Gasteiger partial charge in [-0.15, -0.1) is 0 Å². The molecular formula is C14H23NO3. The smallest absolute Gasteiger partial charge is 0.119 e. The van der Waals surface area contributed by atoms with E-state index < -0.39 is 0 Å². The fraction of sp³-hybridized carbons (Fsp3) is 0.571. The second-order valence-electron chi connectivity index (χ2n) is 4.30. The Balaban J connectivity index is 2.32. The first-order valence-electron chi connectivity index (χ1n) is 6.32. The molecule has 1 aromatic carbocycles. The summed E-state index contributed by atoms with van der Waals surface area (Å²) >= 11 is 0. The van der Waals surface area contributed by atoms with Gasteiger partial charge in [-0.25, -0.2) is 0 Å². The first kappa shape index (κ1) is 15.0. The molecule has 0 radical (unpaired) electrons. The Morgan fingerprint density at radius 3 is 2.89 bits per heavy atom. The van der Waals surface area contributed by atoms with Gasteiger partial charge in [0, 0.05) is 26.6 Å². The highest BCUT2D eigenvalue weighted by molar-refractivity contribution is 5.28. The fourth-order valence-corrected chi connectivity index (χ4v) is 1.50. The zero-order valence-electron chi connectivity index (χ0n) is 11.2. The van der Waals surface area contributed by atoms with Gasteiger partial charge in [-0.2, -0.15) is 0 Å². The minimum atomic E-state index is -0.316. The first-order chi connectivity index (χ1) is 8.72. The minimum Gasteiger partial charge on any atom is -0.493 e. The molecule has 0 saturated heterocycles. The Kier molecular flexibility index (Phi) is 7.41. The van der Waals surface area contributed by atoms with Crippen LogP contribution in [0.3, 0.4) is 0 Å². The van der Waals surface area contributed by atoms with Gasteiger partial charge in [-0.3, -0.25) is 0 Å². The molecule has 0 amide bonds. The Morgan fingerprint density at radius 1 is 1.33 bits per heavy atom. The van der Waals surface area contributed by atoms with E-state index in [-0.39, 0.29) is 6.10 Å². The van der Waals surface area contributed by atoms with Gasteiger partial charge < -0.3 is 19.9 Å². The molecule has 0 heterocycles. The molecule has 0 bridgehead atoms. The quantitative estimate of drug-likeness (QED) is 0.656. The van der Waals surface area contributed by atoms with Crippen LogP contribution in [0.1, 0.15) is 18.9 Å². The van der Waals surface area contributed by atoms with Gasteiger partial charge >= 0.3 is 0 Å². The van der Waals surface area contributed by atoms with Crippen LogP contribution < -0.4 is 10.1 Å². The first-order valence-corrected chi connectivity index (χ1v) is 6.32. The molecule has 4 nitrogen and oxygen atoms in total. The lowest BCUT2D eigenvalue weighted by Gasteiger charge is -2.09. The van der Waals surface area contributed by atoms with Gasteiger partial charge in [0.05, 0.1) is 19.3 Å². The van der Waals surface area contributed by atoms with Crippen molar-refractivity contribution < 1.29 is 14.6 Å². The molecule has 1 aromatic rings. The summed E-state index contributed by atoms with van der Waals surface area (Å²) in [6, 6.07) is 7.98. The molecule has 0 aliphatic rings. The van der Waals surface area contributed by atoms with Gasteiger partial charge in [0.25, 0.3) is 0 Å². The summed E-state index contributed by atoms with van der Waals surface area (Å²) in [6.45, 7) is 4.66. The van der Waals surface area contributed by atoms with Crippen molar-refractivity contribution >= 4 is 0 Å². The number of hydrogen-bond donors (Lipinski definition) is 2. The largest absolute Gasteiger partial charge is 0.493 e. The zero-order valence-corrected chi connectivity index (χ0v) is 11.2. The maximum Gasteiger partial charge on any atom is 0.119 e. The van der Waals surface area contributed by atoms with E-state index in [0.29, 0.717) is 19.6 Å². The lowest BCUT2D eigenvalue weighted by molar-refractivity contribution is 0.155. The number of hydrogen-bond acceptors (Lipinski definition) is 4. The topological polar surface area (TPSA) is 50.7 Å². The van der Waals surface area contributed by atoms with E-state index in [1.165, 1.54) is 5.56 Å². The lowest BCUT2D eigenvalue weighted by Crippen LogP contribution is -2.18. The van der Waals surface area contributed by atoms with E-state index in [4.69, 9.17) is 14.6 Å². The van der Waals surface area contributed by atoms with E-state index in [0.717, 1.165) is 18.8 Å². The maximum atomic E-state index is 9.15. The van der Waals surface area contributed by atoms with Crippen LogP contribution in [0.25, 0.3) is 0 Å². The summed E-state index contributed by atoms with van der Waals surface area (Å²) in [7, 11) is 1.69. The van der Waals surface area contributed by atoms with Crippen molar-refractivity contribution in [1.82, 2.24) is 5.32 Å². The molecule has 1 unspecified atom stereocenters. The van der Waals surface area contributed by atoms with Crippen LogP contribution in [-0.4, -0.2) is 38.1 Å². The maximum absolute atomic E-state index is 9.15. The van der Waals surface area contributed by atoms with Crippen LogP contribution >= 0.6 is 0 Å². The average Bonchev–Trinajstić information content (AvgIpc) is 2.35. The van der Waals surface area contributed by atoms with Crippen molar-refractivity contribution in [3.8, 4) is 5.75 Å². The summed E-state index contributed by atoms with van der Waals surface area (Å²) in [5, 5.41) is 12.4. The van der Waals surface area contributed by atoms with Crippen LogP contribution in [0.5, 0.6) is 5.75 Å². The highest BCUT2D eigenvalue weighted by atomic mass is 16.5. The highest BCUT2D eigenvalue weighted by Crippen LogP contribution is 2.13. The van der Waals surface area contributed by atoms with Crippen molar-refractivity contribution in [2.45, 2.75) is 26.0 Å². The van der Waals surface area contributed by atoms with E-state index in [2.05, 4.69) is 11.4 Å². The van der Waals surface area contributed by atoms with E-state index >= 15 is 0 Å². The predicted molar refractivity (Wildman–Crippen MR) is 71.8 cm³/mol. The fourth-order valence-electron chi connectivity index (χ4n) is 1.50. The molecular weight excluding hydrogens is 230 g/mol. The SMILES string of the molecule is COCCNCc1cccc(OCCC(C)O)c1. The summed E-state index contributed by atoms with van der Waals surface area (Å²) in [4.78, 5) is 0. The van der Waals surface area contributed by atoms with E-state index in [1.54, 1.807) is 14.0 Å². The lowest BCUT2D eigenvalue weighted by atomic mass is 10.2. The molecule has 1 rings (SSSR count). The van der Waals surface area contributed by atoms with Crippen LogP contribution in [0.2, 0.25) is 0 Å². The molecule has 18 heavy (non-hydrogen) atoms. The summed E-state index contributed by atoms with van der Waals surface area (Å²) in [5.74, 6) is 0.849. The average molecular weight is 253 g/mol. The van der Waals surface area contributed by atoms with Crippen LogP contribution in [0.4, 0.5) is 0 Å². The van der Waals surface area contributed by atoms with Crippen molar-refractivity contribution in [2.75, 3.05) is 26.9 Å². The second-order valence-corrected chi connectivity index (χ2v) is 4.30. The Hall–Kier alpha value is -1.10. The molecule has 0 fully saturated rings. The molecule has 0 spiro atoms. The van der Waals surface area contributed by atoms with Crippen LogP contribution in [-0.2, 0) is 11.3 Å². The van der Waals surface area contributed by atoms with Gasteiger partial charge in [0.1, 0.15) is 5.75 Å². The Labute approximate surface area is 109 Å². The molecule has 102 valence electrons. The molecule has 1 atom stereocenters. The number of rotatable bonds is 9. The van der Waals surface area contributed by atoms with Gasteiger partial charge in [0.2, 0.25) is 0 Å². The predicted octanol–water partition coefficient (Wildman–Crippen LogP) is 1.57. The molecule has 0 aromatic heterocycles. The third-order valence-electron chi connectivity index (χ3n) is 2.51. The van der Waals surface area contributed by atoms with Crippen molar-refractivity contribution in [3.63, 3.8) is 0 Å². The van der Waals surface area contributed by atoms with E-state index in [9.17, 15) is 0 Å². The number of methoxy groups -OCH3 is 1. The van der Waals surface area contributed by atoms with Crippen LogP contribution in [0.15, 0.2) is 24.3 Å². The molecule has 4 heteroatoms. The summed E-state index contributed by atoms with van der Waals surface area (Å²) in [6.07, 6.45) is 0.333. The molecule has 0 saturated carbocycles. The molecule has 0 aliphatic carbocycles. The monoisotopic (exact) mass is 253 g/mol. The normalized spacial score (nSPS) is 12.4. The highest BCUT2D eigenvalue weighted by Gasteiger charge is 1.99. The Morgan fingerprint density at radius 2 is 2.17 bits per heavy atom.